The summed E-state index contributed by atoms with van der Waals surface area (Å²) < 4.78 is 7.17. The third kappa shape index (κ3) is 4.16. The van der Waals surface area contributed by atoms with E-state index in [1.807, 2.05) is 20.0 Å². The van der Waals surface area contributed by atoms with Crippen molar-refractivity contribution < 1.29 is 4.74 Å². The summed E-state index contributed by atoms with van der Waals surface area (Å²) in [5.41, 5.74) is 1.23. The molecule has 4 heteroatoms. The summed E-state index contributed by atoms with van der Waals surface area (Å²) in [7, 11) is 2.00. The third-order valence-electron chi connectivity index (χ3n) is 3.26. The van der Waals surface area contributed by atoms with Crippen LogP contribution in [-0.4, -0.2) is 19.7 Å². The Hall–Kier alpha value is -0.680. The number of benzene rings is 1. The summed E-state index contributed by atoms with van der Waals surface area (Å²) in [5, 5.41) is 3.41. The van der Waals surface area contributed by atoms with Crippen molar-refractivity contribution in [1.82, 2.24) is 5.32 Å². The lowest BCUT2D eigenvalue weighted by atomic mass is 9.99. The molecule has 108 valence electrons. The number of nitrogens with one attached hydrogen (secondary N) is 1. The Morgan fingerprint density at radius 3 is 2.50 bits per heavy atom. The minimum Gasteiger partial charge on any atom is -0.372 e. The maximum Gasteiger partial charge on any atom is 0.0981 e. The van der Waals surface area contributed by atoms with E-state index < -0.39 is 0 Å². The fourth-order valence-electron chi connectivity index (χ4n) is 2.31. The van der Waals surface area contributed by atoms with Crippen molar-refractivity contribution in [3.8, 4) is 0 Å². The van der Waals surface area contributed by atoms with Gasteiger partial charge in [0.05, 0.1) is 9.89 Å². The number of hydrogen-bond donors (Lipinski definition) is 1. The molecule has 2 unspecified atom stereocenters. The van der Waals surface area contributed by atoms with E-state index >= 15 is 0 Å². The molecule has 2 atom stereocenters. The average Bonchev–Trinajstić information content (AvgIpc) is 2.89. The zero-order valence-corrected chi connectivity index (χ0v) is 14.2. The zero-order valence-electron chi connectivity index (χ0n) is 11.8. The van der Waals surface area contributed by atoms with Gasteiger partial charge in [-0.25, -0.2) is 0 Å². The molecule has 1 aromatic heterocycles. The quantitative estimate of drug-likeness (QED) is 0.795. The highest BCUT2D eigenvalue weighted by Crippen LogP contribution is 2.28. The maximum atomic E-state index is 5.99. The second kappa shape index (κ2) is 7.93. The van der Waals surface area contributed by atoms with Crippen LogP contribution >= 0.6 is 27.3 Å². The van der Waals surface area contributed by atoms with E-state index in [1.54, 1.807) is 11.3 Å². The standard InChI is InChI=1S/C16H20BrNOS/c1-3-19-16(12-7-5-4-6-8-12)14(18-2)11-13-9-10-15(17)20-13/h4-10,14,16,18H,3,11H2,1-2H3. The summed E-state index contributed by atoms with van der Waals surface area (Å²) in [4.78, 5) is 1.36. The first-order chi connectivity index (χ1) is 9.74. The average molecular weight is 354 g/mol. The molecule has 0 bridgehead atoms. The van der Waals surface area contributed by atoms with E-state index in [2.05, 4.69) is 57.6 Å². The molecule has 20 heavy (non-hydrogen) atoms. The van der Waals surface area contributed by atoms with Gasteiger partial charge in [-0.05, 0) is 54.0 Å². The van der Waals surface area contributed by atoms with Gasteiger partial charge in [0.2, 0.25) is 0 Å². The van der Waals surface area contributed by atoms with Crippen LogP contribution in [0, 0.1) is 0 Å². The molecule has 0 aliphatic carbocycles. The van der Waals surface area contributed by atoms with Crippen LogP contribution < -0.4 is 5.32 Å². The highest BCUT2D eigenvalue weighted by Gasteiger charge is 2.23. The Morgan fingerprint density at radius 1 is 1.20 bits per heavy atom. The van der Waals surface area contributed by atoms with Gasteiger partial charge in [0, 0.05) is 17.5 Å². The van der Waals surface area contributed by atoms with Crippen molar-refractivity contribution in [2.75, 3.05) is 13.7 Å². The Morgan fingerprint density at radius 2 is 1.95 bits per heavy atom. The molecule has 1 N–H and O–H groups in total. The van der Waals surface area contributed by atoms with Crippen LogP contribution in [0.3, 0.4) is 0 Å². The lowest BCUT2D eigenvalue weighted by Gasteiger charge is -2.27. The zero-order chi connectivity index (χ0) is 14.4. The Bertz CT molecular complexity index is 514. The number of ether oxygens (including phenoxy) is 1. The predicted molar refractivity (Wildman–Crippen MR) is 89.4 cm³/mol. The van der Waals surface area contributed by atoms with Gasteiger partial charge in [-0.3, -0.25) is 0 Å². The third-order valence-corrected chi connectivity index (χ3v) is 4.91. The number of rotatable bonds is 7. The molecule has 0 saturated heterocycles. The van der Waals surface area contributed by atoms with Crippen LogP contribution in [0.15, 0.2) is 46.3 Å². The maximum absolute atomic E-state index is 5.99. The molecule has 2 rings (SSSR count). The van der Waals surface area contributed by atoms with Gasteiger partial charge in [-0.2, -0.15) is 0 Å². The SMILES string of the molecule is CCOC(c1ccccc1)C(Cc1ccc(Br)s1)NC. The number of likely N-dealkylation sites (N-methyl/N-ethyl adjacent to an activating group) is 1. The van der Waals surface area contributed by atoms with E-state index in [0.717, 1.165) is 6.42 Å². The van der Waals surface area contributed by atoms with Crippen molar-refractivity contribution in [2.45, 2.75) is 25.5 Å². The van der Waals surface area contributed by atoms with E-state index in [-0.39, 0.29) is 12.1 Å². The van der Waals surface area contributed by atoms with Gasteiger partial charge < -0.3 is 10.1 Å². The van der Waals surface area contributed by atoms with E-state index in [9.17, 15) is 0 Å². The van der Waals surface area contributed by atoms with Crippen molar-refractivity contribution in [1.29, 1.82) is 0 Å². The van der Waals surface area contributed by atoms with E-state index in [4.69, 9.17) is 4.74 Å². The van der Waals surface area contributed by atoms with Gasteiger partial charge in [-0.1, -0.05) is 30.3 Å². The predicted octanol–water partition coefficient (Wildman–Crippen LogP) is 4.42. The molecular formula is C16H20BrNOS. The second-order valence-corrected chi connectivity index (χ2v) is 7.14. The number of halogens is 1. The van der Waals surface area contributed by atoms with Gasteiger partial charge in [-0.15, -0.1) is 11.3 Å². The molecule has 0 spiro atoms. The highest BCUT2D eigenvalue weighted by atomic mass is 79.9. The first-order valence-corrected chi connectivity index (χ1v) is 8.43. The first kappa shape index (κ1) is 15.7. The Balaban J connectivity index is 2.17. The molecule has 0 fully saturated rings. The van der Waals surface area contributed by atoms with Crippen molar-refractivity contribution in [3.05, 3.63) is 56.7 Å². The van der Waals surface area contributed by atoms with Crippen LogP contribution in [0.1, 0.15) is 23.5 Å². The van der Waals surface area contributed by atoms with Crippen LogP contribution in [0.4, 0.5) is 0 Å². The van der Waals surface area contributed by atoms with Crippen LogP contribution in [0.5, 0.6) is 0 Å². The van der Waals surface area contributed by atoms with E-state index in [1.165, 1.54) is 14.2 Å². The lowest BCUT2D eigenvalue weighted by Crippen LogP contribution is -2.35. The normalized spacial score (nSPS) is 14.2. The molecule has 0 saturated carbocycles. The lowest BCUT2D eigenvalue weighted by molar-refractivity contribution is 0.0354. The molecular weight excluding hydrogens is 334 g/mol. The summed E-state index contributed by atoms with van der Waals surface area (Å²) in [6, 6.07) is 15.0. The van der Waals surface area contributed by atoms with Crippen molar-refractivity contribution >= 4 is 27.3 Å². The fraction of sp³-hybridized carbons (Fsp3) is 0.375. The second-order valence-electron chi connectivity index (χ2n) is 4.59. The van der Waals surface area contributed by atoms with Gasteiger partial charge in [0.25, 0.3) is 0 Å². The molecule has 0 aliphatic heterocycles. The summed E-state index contributed by atoms with van der Waals surface area (Å²) in [6.07, 6.45) is 1.04. The van der Waals surface area contributed by atoms with Crippen LogP contribution in [-0.2, 0) is 11.2 Å². The monoisotopic (exact) mass is 353 g/mol. The Kier molecular flexibility index (Phi) is 6.23. The molecule has 1 aromatic carbocycles. The van der Waals surface area contributed by atoms with Crippen molar-refractivity contribution in [2.24, 2.45) is 0 Å². The molecule has 0 amide bonds. The molecule has 2 nitrogen and oxygen atoms in total. The molecule has 0 aliphatic rings. The first-order valence-electron chi connectivity index (χ1n) is 6.82. The number of hydrogen-bond acceptors (Lipinski definition) is 3. The minimum atomic E-state index is 0.0760. The molecule has 2 aromatic rings. The molecule has 1 heterocycles. The highest BCUT2D eigenvalue weighted by molar-refractivity contribution is 9.11. The van der Waals surface area contributed by atoms with Crippen LogP contribution in [0.2, 0.25) is 0 Å². The summed E-state index contributed by atoms with van der Waals surface area (Å²) >= 11 is 5.31. The summed E-state index contributed by atoms with van der Waals surface area (Å²) in [6.45, 7) is 2.76. The largest absolute Gasteiger partial charge is 0.372 e. The van der Waals surface area contributed by atoms with Gasteiger partial charge >= 0.3 is 0 Å². The summed E-state index contributed by atoms with van der Waals surface area (Å²) in [5.74, 6) is 0. The Labute approximate surface area is 133 Å². The topological polar surface area (TPSA) is 21.3 Å². The van der Waals surface area contributed by atoms with Crippen molar-refractivity contribution in [3.63, 3.8) is 0 Å². The van der Waals surface area contributed by atoms with E-state index in [0.29, 0.717) is 6.61 Å². The van der Waals surface area contributed by atoms with Crippen LogP contribution in [0.25, 0.3) is 0 Å². The molecule has 0 radical (unpaired) electrons. The smallest absolute Gasteiger partial charge is 0.0981 e. The minimum absolute atomic E-state index is 0.0760. The fourth-order valence-corrected chi connectivity index (χ4v) is 3.85. The van der Waals surface area contributed by atoms with Gasteiger partial charge in [0.1, 0.15) is 0 Å². The van der Waals surface area contributed by atoms with Gasteiger partial charge in [0.15, 0.2) is 0 Å². The number of thiophene rings is 1.